The molecule has 1 aromatic rings. The minimum Gasteiger partial charge on any atom is -0.496 e. The number of non-ortho nitro benzene ring substituents is 1. The molecule has 0 aliphatic rings. The summed E-state index contributed by atoms with van der Waals surface area (Å²) in [5.41, 5.74) is 5.86. The fraction of sp³-hybridized carbons (Fsp3) is 0.222. The van der Waals surface area contributed by atoms with Crippen LogP contribution in [-0.2, 0) is 5.75 Å². The molecule has 0 saturated heterocycles. The Morgan fingerprint density at radius 1 is 1.62 bits per heavy atom. The van der Waals surface area contributed by atoms with Gasteiger partial charge < -0.3 is 10.5 Å². The highest BCUT2D eigenvalue weighted by molar-refractivity contribution is 8.13. The average molecular weight is 241 g/mol. The van der Waals surface area contributed by atoms with Crippen LogP contribution in [0.15, 0.2) is 18.2 Å². The Balaban J connectivity index is 2.95. The van der Waals surface area contributed by atoms with Gasteiger partial charge in [0.1, 0.15) is 5.75 Å². The lowest BCUT2D eigenvalue weighted by atomic mass is 10.2. The predicted octanol–water partition coefficient (Wildman–Crippen LogP) is 1.73. The first kappa shape index (κ1) is 12.3. The second kappa shape index (κ2) is 5.36. The van der Waals surface area contributed by atoms with Crippen molar-refractivity contribution in [2.45, 2.75) is 5.75 Å². The number of rotatable bonds is 4. The summed E-state index contributed by atoms with van der Waals surface area (Å²) in [4.78, 5) is 10.2. The molecule has 1 rings (SSSR count). The number of benzene rings is 1. The number of nitrogens with zero attached hydrogens (tertiary/aromatic N) is 1. The Kier molecular flexibility index (Phi) is 4.12. The Labute approximate surface area is 96.4 Å². The number of nitrogens with one attached hydrogen (secondary N) is 1. The number of nitro groups is 1. The molecule has 0 aliphatic carbocycles. The first-order valence-corrected chi connectivity index (χ1v) is 5.30. The SMILES string of the molecule is COc1cc(CSC(=N)N)cc([N+](=O)[O-])c1. The van der Waals surface area contributed by atoms with Crippen molar-refractivity contribution in [2.75, 3.05) is 7.11 Å². The van der Waals surface area contributed by atoms with Crippen LogP contribution in [0.3, 0.4) is 0 Å². The molecule has 7 heteroatoms. The maximum atomic E-state index is 10.6. The molecule has 0 saturated carbocycles. The minimum atomic E-state index is -0.482. The molecular formula is C9H11N3O3S. The summed E-state index contributed by atoms with van der Waals surface area (Å²) in [5.74, 6) is 0.834. The Morgan fingerprint density at radius 3 is 2.81 bits per heavy atom. The molecule has 0 fully saturated rings. The summed E-state index contributed by atoms with van der Waals surface area (Å²) >= 11 is 1.11. The average Bonchev–Trinajstić information content (AvgIpc) is 2.25. The van der Waals surface area contributed by atoms with E-state index >= 15 is 0 Å². The largest absolute Gasteiger partial charge is 0.496 e. The standard InChI is InChI=1S/C9H11N3O3S/c1-15-8-3-6(5-16-9(10)11)2-7(4-8)12(13)14/h2-4H,5H2,1H3,(H3,10,11). The van der Waals surface area contributed by atoms with Gasteiger partial charge in [-0.05, 0) is 11.6 Å². The van der Waals surface area contributed by atoms with Crippen LogP contribution in [0.1, 0.15) is 5.56 Å². The second-order valence-electron chi connectivity index (χ2n) is 2.95. The van der Waals surface area contributed by atoms with Crippen molar-refractivity contribution in [1.29, 1.82) is 5.41 Å². The topological polar surface area (TPSA) is 102 Å². The number of hydrogen-bond acceptors (Lipinski definition) is 5. The monoisotopic (exact) mass is 241 g/mol. The van der Waals surface area contributed by atoms with E-state index in [1.54, 1.807) is 6.07 Å². The van der Waals surface area contributed by atoms with Crippen LogP contribution < -0.4 is 10.5 Å². The first-order valence-electron chi connectivity index (χ1n) is 4.32. The van der Waals surface area contributed by atoms with Gasteiger partial charge in [0.15, 0.2) is 5.17 Å². The highest BCUT2D eigenvalue weighted by Gasteiger charge is 2.10. The second-order valence-corrected chi connectivity index (χ2v) is 3.97. The highest BCUT2D eigenvalue weighted by Crippen LogP contribution is 2.24. The van der Waals surface area contributed by atoms with Gasteiger partial charge >= 0.3 is 0 Å². The number of ether oxygens (including phenoxy) is 1. The fourth-order valence-corrected chi connectivity index (χ4v) is 1.60. The zero-order valence-corrected chi connectivity index (χ0v) is 9.41. The first-order chi connectivity index (χ1) is 7.52. The number of methoxy groups -OCH3 is 1. The number of hydrogen-bond donors (Lipinski definition) is 2. The number of thioether (sulfide) groups is 1. The van der Waals surface area contributed by atoms with Gasteiger partial charge in [0, 0.05) is 11.8 Å². The Bertz CT molecular complexity index is 422. The molecule has 0 aromatic heterocycles. The number of nitrogens with two attached hydrogens (primary N) is 1. The van der Waals surface area contributed by atoms with Crippen LogP contribution in [0.5, 0.6) is 5.75 Å². The smallest absolute Gasteiger partial charge is 0.273 e. The molecule has 3 N–H and O–H groups in total. The zero-order valence-electron chi connectivity index (χ0n) is 8.60. The van der Waals surface area contributed by atoms with Gasteiger partial charge in [-0.25, -0.2) is 0 Å². The van der Waals surface area contributed by atoms with Crippen LogP contribution in [0, 0.1) is 15.5 Å². The highest BCUT2D eigenvalue weighted by atomic mass is 32.2. The lowest BCUT2D eigenvalue weighted by molar-refractivity contribution is -0.385. The van der Waals surface area contributed by atoms with E-state index in [1.807, 2.05) is 0 Å². The van der Waals surface area contributed by atoms with Crippen molar-refractivity contribution < 1.29 is 9.66 Å². The summed E-state index contributed by atoms with van der Waals surface area (Å²) in [6.07, 6.45) is 0. The van der Waals surface area contributed by atoms with Gasteiger partial charge in [0.05, 0.1) is 18.1 Å². The quantitative estimate of drug-likeness (QED) is 0.361. The molecular weight excluding hydrogens is 230 g/mol. The molecule has 1 aromatic carbocycles. The van der Waals surface area contributed by atoms with Gasteiger partial charge in [-0.3, -0.25) is 15.5 Å². The summed E-state index contributed by atoms with van der Waals surface area (Å²) in [6, 6.07) is 4.48. The van der Waals surface area contributed by atoms with Gasteiger partial charge in [0.2, 0.25) is 0 Å². The minimum absolute atomic E-state index is 0.0227. The molecule has 0 radical (unpaired) electrons. The van der Waals surface area contributed by atoms with E-state index < -0.39 is 4.92 Å². The van der Waals surface area contributed by atoms with E-state index in [1.165, 1.54) is 19.2 Å². The van der Waals surface area contributed by atoms with Gasteiger partial charge in [-0.15, -0.1) is 0 Å². The van der Waals surface area contributed by atoms with E-state index in [0.29, 0.717) is 17.1 Å². The van der Waals surface area contributed by atoms with Crippen molar-refractivity contribution in [1.82, 2.24) is 0 Å². The third kappa shape index (κ3) is 3.43. The van der Waals surface area contributed by atoms with Crippen LogP contribution in [0.2, 0.25) is 0 Å². The van der Waals surface area contributed by atoms with E-state index in [4.69, 9.17) is 15.9 Å². The molecule has 86 valence electrons. The lowest BCUT2D eigenvalue weighted by Gasteiger charge is -2.04. The Hall–Kier alpha value is -1.76. The normalized spacial score (nSPS) is 9.81. The zero-order chi connectivity index (χ0) is 12.1. The molecule has 0 atom stereocenters. The van der Waals surface area contributed by atoms with E-state index in [-0.39, 0.29) is 10.9 Å². The van der Waals surface area contributed by atoms with Gasteiger partial charge in [0.25, 0.3) is 5.69 Å². The van der Waals surface area contributed by atoms with Crippen LogP contribution in [0.4, 0.5) is 5.69 Å². The van der Waals surface area contributed by atoms with Gasteiger partial charge in [-0.2, -0.15) is 0 Å². The number of amidine groups is 1. The van der Waals surface area contributed by atoms with E-state index in [9.17, 15) is 10.1 Å². The van der Waals surface area contributed by atoms with Crippen molar-refractivity contribution in [2.24, 2.45) is 5.73 Å². The molecule has 0 bridgehead atoms. The molecule has 16 heavy (non-hydrogen) atoms. The van der Waals surface area contributed by atoms with Crippen LogP contribution in [0.25, 0.3) is 0 Å². The van der Waals surface area contributed by atoms with E-state index in [0.717, 1.165) is 11.8 Å². The van der Waals surface area contributed by atoms with Crippen molar-refractivity contribution in [3.63, 3.8) is 0 Å². The molecule has 0 aliphatic heterocycles. The Morgan fingerprint density at radius 2 is 2.31 bits per heavy atom. The lowest BCUT2D eigenvalue weighted by Crippen LogP contribution is -2.04. The molecule has 6 nitrogen and oxygen atoms in total. The van der Waals surface area contributed by atoms with Crippen molar-refractivity contribution >= 4 is 22.6 Å². The van der Waals surface area contributed by atoms with Crippen LogP contribution in [-0.4, -0.2) is 17.2 Å². The third-order valence-corrected chi connectivity index (χ3v) is 2.58. The summed E-state index contributed by atoms with van der Waals surface area (Å²) < 4.78 is 4.95. The molecule has 0 heterocycles. The van der Waals surface area contributed by atoms with Crippen molar-refractivity contribution in [3.8, 4) is 5.75 Å². The van der Waals surface area contributed by atoms with E-state index in [2.05, 4.69) is 0 Å². The maximum Gasteiger partial charge on any atom is 0.273 e. The van der Waals surface area contributed by atoms with Gasteiger partial charge in [-0.1, -0.05) is 11.8 Å². The van der Waals surface area contributed by atoms with Crippen LogP contribution >= 0.6 is 11.8 Å². The molecule has 0 amide bonds. The third-order valence-electron chi connectivity index (χ3n) is 1.79. The summed E-state index contributed by atoms with van der Waals surface area (Å²) in [5, 5.41) is 17.7. The summed E-state index contributed by atoms with van der Waals surface area (Å²) in [7, 11) is 1.45. The molecule has 0 unspecified atom stereocenters. The predicted molar refractivity (Wildman–Crippen MR) is 62.9 cm³/mol. The van der Waals surface area contributed by atoms with Crippen molar-refractivity contribution in [3.05, 3.63) is 33.9 Å². The molecule has 0 spiro atoms. The summed E-state index contributed by atoms with van der Waals surface area (Å²) in [6.45, 7) is 0. The fourth-order valence-electron chi connectivity index (χ4n) is 1.11. The number of nitro benzene ring substituents is 1. The maximum absolute atomic E-state index is 10.6.